The zero-order valence-electron chi connectivity index (χ0n) is 10.4. The fraction of sp³-hybridized carbons (Fsp3) is 0.500. The molecule has 0 fully saturated rings. The molecule has 2 N–H and O–H groups in total. The Balaban J connectivity index is 2.68. The first-order chi connectivity index (χ1) is 8.41. The van der Waals surface area contributed by atoms with Crippen LogP contribution < -0.4 is 5.32 Å². The Hall–Kier alpha value is -1.53. The Morgan fingerprint density at radius 3 is 2.72 bits per heavy atom. The van der Waals surface area contributed by atoms with Gasteiger partial charge in [0.15, 0.2) is 0 Å². The van der Waals surface area contributed by atoms with Crippen LogP contribution in [0.4, 0.5) is 10.1 Å². The van der Waals surface area contributed by atoms with Crippen molar-refractivity contribution in [2.75, 3.05) is 0 Å². The van der Waals surface area contributed by atoms with Crippen molar-refractivity contribution < 1.29 is 14.4 Å². The molecule has 0 aliphatic carbocycles. The molecule has 6 heteroatoms. The normalized spacial score (nSPS) is 14.2. The molecule has 0 aliphatic rings. The van der Waals surface area contributed by atoms with Crippen LogP contribution in [0.2, 0.25) is 0 Å². The van der Waals surface area contributed by atoms with Gasteiger partial charge < -0.3 is 10.4 Å². The lowest BCUT2D eigenvalue weighted by Gasteiger charge is -2.15. The van der Waals surface area contributed by atoms with E-state index in [1.807, 2.05) is 6.92 Å². The fourth-order valence-electron chi connectivity index (χ4n) is 1.72. The van der Waals surface area contributed by atoms with Gasteiger partial charge in [-0.1, -0.05) is 12.1 Å². The predicted octanol–water partition coefficient (Wildman–Crippen LogP) is 1.98. The van der Waals surface area contributed by atoms with Gasteiger partial charge in [0.2, 0.25) is 5.82 Å². The zero-order valence-corrected chi connectivity index (χ0v) is 10.4. The molecule has 0 saturated carbocycles. The Morgan fingerprint density at radius 2 is 2.17 bits per heavy atom. The SMILES string of the molecule is CC(O)CC(C)NCc1cccc([N+](=O)[O-])c1F. The van der Waals surface area contributed by atoms with E-state index in [2.05, 4.69) is 5.32 Å². The predicted molar refractivity (Wildman–Crippen MR) is 65.7 cm³/mol. The molecule has 0 saturated heterocycles. The van der Waals surface area contributed by atoms with E-state index >= 15 is 0 Å². The summed E-state index contributed by atoms with van der Waals surface area (Å²) in [6, 6.07) is 4.10. The van der Waals surface area contributed by atoms with E-state index in [-0.39, 0.29) is 18.2 Å². The molecular formula is C12H17FN2O3. The quantitative estimate of drug-likeness (QED) is 0.603. The van der Waals surface area contributed by atoms with Crippen molar-refractivity contribution in [3.63, 3.8) is 0 Å². The van der Waals surface area contributed by atoms with E-state index < -0.39 is 22.5 Å². The van der Waals surface area contributed by atoms with Crippen LogP contribution in [0.15, 0.2) is 18.2 Å². The summed E-state index contributed by atoms with van der Waals surface area (Å²) in [7, 11) is 0. The molecular weight excluding hydrogens is 239 g/mol. The van der Waals surface area contributed by atoms with Crippen LogP contribution in [0.3, 0.4) is 0 Å². The number of aliphatic hydroxyl groups excluding tert-OH is 1. The molecule has 1 aromatic rings. The number of halogens is 1. The van der Waals surface area contributed by atoms with Gasteiger partial charge in [-0.15, -0.1) is 0 Å². The van der Waals surface area contributed by atoms with Crippen molar-refractivity contribution in [3.05, 3.63) is 39.7 Å². The zero-order chi connectivity index (χ0) is 13.7. The van der Waals surface area contributed by atoms with E-state index in [9.17, 15) is 19.6 Å². The first kappa shape index (κ1) is 14.5. The smallest absolute Gasteiger partial charge is 0.305 e. The summed E-state index contributed by atoms with van der Waals surface area (Å²) in [5.74, 6) is -0.806. The van der Waals surface area contributed by atoms with Gasteiger partial charge in [-0.25, -0.2) is 0 Å². The average molecular weight is 256 g/mol. The Labute approximate surface area is 105 Å². The first-order valence-electron chi connectivity index (χ1n) is 5.75. The minimum absolute atomic E-state index is 0.00339. The number of nitro benzene ring substituents is 1. The summed E-state index contributed by atoms with van der Waals surface area (Å²) in [5, 5.41) is 22.8. The number of aliphatic hydroxyl groups is 1. The molecule has 2 atom stereocenters. The largest absolute Gasteiger partial charge is 0.393 e. The van der Waals surface area contributed by atoms with Gasteiger partial charge in [0.25, 0.3) is 0 Å². The Morgan fingerprint density at radius 1 is 1.50 bits per heavy atom. The lowest BCUT2D eigenvalue weighted by molar-refractivity contribution is -0.387. The van der Waals surface area contributed by atoms with Gasteiger partial charge in [0.05, 0.1) is 11.0 Å². The Bertz CT molecular complexity index is 424. The maximum Gasteiger partial charge on any atom is 0.305 e. The van der Waals surface area contributed by atoms with Gasteiger partial charge in [0, 0.05) is 24.2 Å². The van der Waals surface area contributed by atoms with Crippen LogP contribution in [0.1, 0.15) is 25.8 Å². The molecule has 1 rings (SSSR count). The molecule has 5 nitrogen and oxygen atoms in total. The monoisotopic (exact) mass is 256 g/mol. The van der Waals surface area contributed by atoms with Gasteiger partial charge >= 0.3 is 5.69 Å². The van der Waals surface area contributed by atoms with Crippen molar-refractivity contribution in [2.45, 2.75) is 39.0 Å². The fourth-order valence-corrected chi connectivity index (χ4v) is 1.72. The summed E-state index contributed by atoms with van der Waals surface area (Å²) < 4.78 is 13.7. The minimum atomic E-state index is -0.806. The molecule has 0 spiro atoms. The lowest BCUT2D eigenvalue weighted by atomic mass is 10.1. The summed E-state index contributed by atoms with van der Waals surface area (Å²) in [6.45, 7) is 3.73. The van der Waals surface area contributed by atoms with Crippen molar-refractivity contribution >= 4 is 5.69 Å². The minimum Gasteiger partial charge on any atom is -0.393 e. The number of nitrogens with one attached hydrogen (secondary N) is 1. The molecule has 0 aliphatic heterocycles. The number of rotatable bonds is 6. The van der Waals surface area contributed by atoms with Gasteiger partial charge in [0.1, 0.15) is 0 Å². The molecule has 1 aromatic carbocycles. The van der Waals surface area contributed by atoms with E-state index in [0.717, 1.165) is 6.07 Å². The topological polar surface area (TPSA) is 75.4 Å². The van der Waals surface area contributed by atoms with Crippen LogP contribution in [0.5, 0.6) is 0 Å². The number of hydrogen-bond donors (Lipinski definition) is 2. The first-order valence-corrected chi connectivity index (χ1v) is 5.75. The molecule has 0 radical (unpaired) electrons. The highest BCUT2D eigenvalue weighted by molar-refractivity contribution is 5.36. The van der Waals surface area contributed by atoms with Crippen molar-refractivity contribution in [3.8, 4) is 0 Å². The third-order valence-corrected chi connectivity index (χ3v) is 2.59. The van der Waals surface area contributed by atoms with E-state index in [0.29, 0.717) is 6.42 Å². The number of nitro groups is 1. The van der Waals surface area contributed by atoms with Gasteiger partial charge in [-0.2, -0.15) is 4.39 Å². The van der Waals surface area contributed by atoms with Gasteiger partial charge in [-0.3, -0.25) is 10.1 Å². The number of hydrogen-bond acceptors (Lipinski definition) is 4. The second-order valence-electron chi connectivity index (χ2n) is 4.37. The van der Waals surface area contributed by atoms with Gasteiger partial charge in [-0.05, 0) is 20.3 Å². The van der Waals surface area contributed by atoms with E-state index in [1.165, 1.54) is 12.1 Å². The lowest BCUT2D eigenvalue weighted by Crippen LogP contribution is -2.29. The molecule has 18 heavy (non-hydrogen) atoms. The standard InChI is InChI=1S/C12H17FN2O3/c1-8(6-9(2)16)14-7-10-4-3-5-11(12(10)13)15(17)18/h3-5,8-9,14,16H,6-7H2,1-2H3. The van der Waals surface area contributed by atoms with Crippen molar-refractivity contribution in [2.24, 2.45) is 0 Å². The third kappa shape index (κ3) is 4.05. The van der Waals surface area contributed by atoms with Crippen molar-refractivity contribution in [1.82, 2.24) is 5.32 Å². The van der Waals surface area contributed by atoms with Crippen LogP contribution in [-0.4, -0.2) is 22.2 Å². The molecule has 2 unspecified atom stereocenters. The summed E-state index contributed by atoms with van der Waals surface area (Å²) in [6.07, 6.45) is 0.0961. The van der Waals surface area contributed by atoms with E-state index in [4.69, 9.17) is 0 Å². The summed E-state index contributed by atoms with van der Waals surface area (Å²) in [5.41, 5.74) is -0.265. The maximum absolute atomic E-state index is 13.7. The summed E-state index contributed by atoms with van der Waals surface area (Å²) >= 11 is 0. The second kappa shape index (κ2) is 6.42. The second-order valence-corrected chi connectivity index (χ2v) is 4.37. The highest BCUT2D eigenvalue weighted by Crippen LogP contribution is 2.20. The average Bonchev–Trinajstić information content (AvgIpc) is 2.26. The van der Waals surface area contributed by atoms with Crippen LogP contribution in [0, 0.1) is 15.9 Å². The highest BCUT2D eigenvalue weighted by Gasteiger charge is 2.17. The molecule has 0 amide bonds. The molecule has 0 bridgehead atoms. The van der Waals surface area contributed by atoms with Crippen LogP contribution in [0.25, 0.3) is 0 Å². The van der Waals surface area contributed by atoms with Crippen LogP contribution in [-0.2, 0) is 6.54 Å². The highest BCUT2D eigenvalue weighted by atomic mass is 19.1. The number of benzene rings is 1. The molecule has 0 aromatic heterocycles. The third-order valence-electron chi connectivity index (χ3n) is 2.59. The Kier molecular flexibility index (Phi) is 5.18. The maximum atomic E-state index is 13.7. The number of nitrogens with zero attached hydrogens (tertiary/aromatic N) is 1. The summed E-state index contributed by atoms with van der Waals surface area (Å²) in [4.78, 5) is 9.83. The van der Waals surface area contributed by atoms with Crippen LogP contribution >= 0.6 is 0 Å². The van der Waals surface area contributed by atoms with E-state index in [1.54, 1.807) is 6.92 Å². The molecule has 0 heterocycles. The van der Waals surface area contributed by atoms with Crippen molar-refractivity contribution in [1.29, 1.82) is 0 Å². The molecule has 100 valence electrons.